The van der Waals surface area contributed by atoms with Gasteiger partial charge in [-0.05, 0) is 92.3 Å². The molecule has 0 atom stereocenters. The molecule has 210 valence electrons. The molecule has 45 heavy (non-hydrogen) atoms. The molecule has 6 aromatic carbocycles. The van der Waals surface area contributed by atoms with Crippen LogP contribution in [-0.2, 0) is 0 Å². The molecule has 0 unspecified atom stereocenters. The summed E-state index contributed by atoms with van der Waals surface area (Å²) in [7, 11) is 0. The Bertz CT molecular complexity index is 2600. The van der Waals surface area contributed by atoms with Gasteiger partial charge in [-0.25, -0.2) is 0 Å². The van der Waals surface area contributed by atoms with Crippen LogP contribution in [0, 0.1) is 0 Å². The average Bonchev–Trinajstić information content (AvgIpc) is 3.68. The van der Waals surface area contributed by atoms with E-state index in [-0.39, 0.29) is 6.85 Å². The molecule has 8 aromatic rings. The normalized spacial score (nSPS) is 13.8. The van der Waals surface area contributed by atoms with Gasteiger partial charge in [-0.1, -0.05) is 97.6 Å². The quantitative estimate of drug-likeness (QED) is 0.182. The van der Waals surface area contributed by atoms with Gasteiger partial charge in [0.25, 0.3) is 0 Å². The van der Waals surface area contributed by atoms with Crippen LogP contribution in [-0.4, -0.2) is 11.3 Å². The summed E-state index contributed by atoms with van der Waals surface area (Å²) in [5.74, 6) is 0. The smallest absolute Gasteiger partial charge is 0.333 e. The lowest BCUT2D eigenvalue weighted by molar-refractivity contribution is 1.19. The molecule has 4 heterocycles. The predicted octanol–water partition coefficient (Wildman–Crippen LogP) is 10.0. The van der Waals surface area contributed by atoms with Crippen molar-refractivity contribution in [2.45, 2.75) is 6.92 Å². The van der Waals surface area contributed by atoms with Gasteiger partial charge in [-0.3, -0.25) is 0 Å². The number of aromatic nitrogens is 1. The second kappa shape index (κ2) is 9.10. The van der Waals surface area contributed by atoms with Gasteiger partial charge in [-0.2, -0.15) is 0 Å². The zero-order valence-corrected chi connectivity index (χ0v) is 25.6. The summed E-state index contributed by atoms with van der Waals surface area (Å²) in [6.45, 7) is 6.94. The minimum atomic E-state index is 0.0000173. The Morgan fingerprint density at radius 2 is 1.47 bits per heavy atom. The van der Waals surface area contributed by atoms with Gasteiger partial charge in [0.15, 0.2) is 0 Å². The Morgan fingerprint density at radius 3 is 2.29 bits per heavy atom. The van der Waals surface area contributed by atoms with Crippen LogP contribution in [0.25, 0.3) is 54.2 Å². The maximum atomic E-state index is 4.84. The highest BCUT2D eigenvalue weighted by Crippen LogP contribution is 2.48. The summed E-state index contributed by atoms with van der Waals surface area (Å²) >= 11 is 1.81. The Labute approximate surface area is 265 Å². The van der Waals surface area contributed by atoms with Gasteiger partial charge < -0.3 is 9.38 Å². The lowest BCUT2D eigenvalue weighted by atomic mass is 9.44. The van der Waals surface area contributed by atoms with Crippen LogP contribution in [0.1, 0.15) is 23.7 Å². The van der Waals surface area contributed by atoms with E-state index in [4.69, 9.17) is 6.58 Å². The summed E-state index contributed by atoms with van der Waals surface area (Å²) in [6, 6.07) is 42.8. The largest absolute Gasteiger partial charge is 0.375 e. The van der Waals surface area contributed by atoms with Crippen LogP contribution in [0.5, 0.6) is 0 Å². The number of benzene rings is 6. The summed E-state index contributed by atoms with van der Waals surface area (Å²) < 4.78 is 3.87. The molecular weight excluding hydrogens is 563 g/mol. The van der Waals surface area contributed by atoms with Crippen LogP contribution in [0.3, 0.4) is 0 Å². The van der Waals surface area contributed by atoms with Crippen molar-refractivity contribution in [3.63, 3.8) is 0 Å². The number of allylic oxidation sites excluding steroid dienone is 1. The third kappa shape index (κ3) is 3.30. The van der Waals surface area contributed by atoms with Crippen molar-refractivity contribution in [1.82, 2.24) is 4.48 Å². The Kier molecular flexibility index (Phi) is 5.07. The highest BCUT2D eigenvalue weighted by atomic mass is 32.1. The first kappa shape index (κ1) is 25.1. The zero-order chi connectivity index (χ0) is 29.8. The first-order valence-electron chi connectivity index (χ1n) is 15.5. The maximum absolute atomic E-state index is 4.84. The van der Waals surface area contributed by atoms with Crippen LogP contribution in [0.4, 0.5) is 17.1 Å². The molecule has 0 radical (unpaired) electrons. The number of para-hydroxylation sites is 1. The van der Waals surface area contributed by atoms with E-state index in [1.165, 1.54) is 87.3 Å². The van der Waals surface area contributed by atoms with Crippen LogP contribution >= 0.6 is 11.3 Å². The van der Waals surface area contributed by atoms with Crippen molar-refractivity contribution in [2.24, 2.45) is 0 Å². The topological polar surface area (TPSA) is 8.17 Å². The van der Waals surface area contributed by atoms with Crippen molar-refractivity contribution in [3.8, 4) is 0 Å². The van der Waals surface area contributed by atoms with E-state index in [2.05, 4.69) is 149 Å². The number of nitrogens with zero attached hydrogens (tertiary/aromatic N) is 2. The lowest BCUT2D eigenvalue weighted by Crippen LogP contribution is -2.58. The van der Waals surface area contributed by atoms with Gasteiger partial charge in [0.1, 0.15) is 0 Å². The first-order valence-corrected chi connectivity index (χ1v) is 16.4. The minimum absolute atomic E-state index is 0.0000173. The third-order valence-corrected chi connectivity index (χ3v) is 10.7. The van der Waals surface area contributed by atoms with Crippen molar-refractivity contribution >= 4 is 100 Å². The van der Waals surface area contributed by atoms with Gasteiger partial charge in [0.2, 0.25) is 0 Å². The third-order valence-electron chi connectivity index (χ3n) is 9.84. The molecule has 0 spiro atoms. The molecule has 2 aromatic heterocycles. The van der Waals surface area contributed by atoms with Crippen molar-refractivity contribution in [3.05, 3.63) is 150 Å². The highest BCUT2D eigenvalue weighted by molar-refractivity contribution is 7.17. The van der Waals surface area contributed by atoms with Crippen LogP contribution < -0.4 is 15.8 Å². The molecule has 0 saturated carbocycles. The molecule has 0 aliphatic carbocycles. The number of hydrogen-bond acceptors (Lipinski definition) is 2. The van der Waals surface area contributed by atoms with Gasteiger partial charge >= 0.3 is 6.85 Å². The predicted molar refractivity (Wildman–Crippen MR) is 197 cm³/mol. The molecule has 2 aliphatic rings. The fourth-order valence-corrected chi connectivity index (χ4v) is 8.82. The van der Waals surface area contributed by atoms with E-state index >= 15 is 0 Å². The van der Waals surface area contributed by atoms with Crippen molar-refractivity contribution in [1.29, 1.82) is 0 Å². The molecule has 0 bridgehead atoms. The van der Waals surface area contributed by atoms with E-state index in [9.17, 15) is 0 Å². The molecule has 0 saturated heterocycles. The maximum Gasteiger partial charge on any atom is 0.333 e. The van der Waals surface area contributed by atoms with Crippen LogP contribution in [0.2, 0.25) is 0 Å². The Balaban J connectivity index is 1.40. The second-order valence-corrected chi connectivity index (χ2v) is 13.1. The van der Waals surface area contributed by atoms with Crippen LogP contribution in [0.15, 0.2) is 133 Å². The first-order chi connectivity index (χ1) is 22.2. The highest BCUT2D eigenvalue weighted by Gasteiger charge is 2.44. The molecule has 2 aliphatic heterocycles. The van der Waals surface area contributed by atoms with Gasteiger partial charge in [0, 0.05) is 43.6 Å². The molecule has 0 fully saturated rings. The summed E-state index contributed by atoms with van der Waals surface area (Å²) in [6.07, 6.45) is 4.42. The Hall–Kier alpha value is -5.32. The Morgan fingerprint density at radius 1 is 0.733 bits per heavy atom. The number of fused-ring (bicyclic) bond motifs is 10. The summed E-state index contributed by atoms with van der Waals surface area (Å²) in [5, 5.41) is 9.78. The molecular formula is C41H27BN2S. The van der Waals surface area contributed by atoms with E-state index in [0.29, 0.717) is 0 Å². The average molecular weight is 591 g/mol. The van der Waals surface area contributed by atoms with Crippen molar-refractivity contribution < 1.29 is 0 Å². The standard InChI is InChI=1S/C41H27BN2S/c1-3-10-32-31-15-8-9-16-36(31)44-40(32)25(2)34-24-38-33(19-20-45-38)41-39(34)42(44)35-22-28-13-6-7-14-29(28)23-37(35)43(41)30-18-17-26-11-4-5-12-27(26)21-30/h3-24H,2H2,1H3/b10-3-. The summed E-state index contributed by atoms with van der Waals surface area (Å²) in [4.78, 5) is 2.54. The van der Waals surface area contributed by atoms with Gasteiger partial charge in [-0.15, -0.1) is 11.3 Å². The second-order valence-electron chi connectivity index (χ2n) is 12.2. The van der Waals surface area contributed by atoms with E-state index in [0.717, 1.165) is 5.57 Å². The molecule has 4 heteroatoms. The molecule has 0 N–H and O–H groups in total. The number of rotatable bonds is 2. The van der Waals surface area contributed by atoms with E-state index in [1.807, 2.05) is 11.3 Å². The molecule has 2 nitrogen and oxygen atoms in total. The number of anilines is 3. The number of thiophene rings is 1. The summed E-state index contributed by atoms with van der Waals surface area (Å²) in [5.41, 5.74) is 12.4. The van der Waals surface area contributed by atoms with E-state index in [1.54, 1.807) is 0 Å². The fourth-order valence-electron chi connectivity index (χ4n) is 7.99. The van der Waals surface area contributed by atoms with Gasteiger partial charge in [0.05, 0.1) is 5.69 Å². The zero-order valence-electron chi connectivity index (χ0n) is 24.8. The lowest BCUT2D eigenvalue weighted by Gasteiger charge is -2.42. The fraction of sp³-hybridized carbons (Fsp3) is 0.0244. The number of hydrogen-bond donors (Lipinski definition) is 0. The van der Waals surface area contributed by atoms with E-state index < -0.39 is 0 Å². The monoisotopic (exact) mass is 590 g/mol. The van der Waals surface area contributed by atoms with Crippen molar-refractivity contribution in [2.75, 3.05) is 4.90 Å². The molecule has 0 amide bonds. The molecule has 10 rings (SSSR count). The SMILES string of the molecule is C=C1c2cc3sccc3c3c2B(c2cc4ccccc4cc2N3c2ccc3ccccc3c2)n2c1c(/C=C\C)c1ccccc12. The minimum Gasteiger partial charge on any atom is -0.375 e.